The van der Waals surface area contributed by atoms with Gasteiger partial charge in [0.1, 0.15) is 0 Å². The van der Waals surface area contributed by atoms with Crippen molar-refractivity contribution >= 4 is 0 Å². The molecule has 0 amide bonds. The Labute approximate surface area is 74.9 Å². The molecule has 1 aliphatic heterocycles. The molecule has 1 aliphatic rings. The van der Waals surface area contributed by atoms with E-state index in [1.807, 2.05) is 0 Å². The maximum absolute atomic E-state index is 9.09. The molecule has 0 aliphatic carbocycles. The van der Waals surface area contributed by atoms with E-state index in [9.17, 15) is 0 Å². The largest absolute Gasteiger partial charge is 0.394 e. The molecule has 0 aromatic carbocycles. The zero-order chi connectivity index (χ0) is 9.19. The highest BCUT2D eigenvalue weighted by atomic mass is 16.5. The third kappa shape index (κ3) is 2.46. The van der Waals surface area contributed by atoms with E-state index in [1.165, 1.54) is 12.8 Å². The summed E-state index contributed by atoms with van der Waals surface area (Å²) in [4.78, 5) is 0. The van der Waals surface area contributed by atoms with Gasteiger partial charge < -0.3 is 9.84 Å². The molecule has 0 aromatic heterocycles. The summed E-state index contributed by atoms with van der Waals surface area (Å²) >= 11 is 0. The Morgan fingerprint density at radius 3 is 2.75 bits per heavy atom. The van der Waals surface area contributed by atoms with Gasteiger partial charge in [-0.2, -0.15) is 0 Å². The van der Waals surface area contributed by atoms with Crippen molar-refractivity contribution in [3.63, 3.8) is 0 Å². The zero-order valence-electron chi connectivity index (χ0n) is 8.34. The molecule has 2 nitrogen and oxygen atoms in total. The molecule has 1 fully saturated rings. The van der Waals surface area contributed by atoms with Crippen LogP contribution in [0.3, 0.4) is 0 Å². The first-order chi connectivity index (χ1) is 5.55. The van der Waals surface area contributed by atoms with E-state index in [0.29, 0.717) is 5.92 Å². The van der Waals surface area contributed by atoms with Crippen LogP contribution >= 0.6 is 0 Å². The molecule has 1 heterocycles. The maximum Gasteiger partial charge on any atom is 0.0838 e. The van der Waals surface area contributed by atoms with Crippen molar-refractivity contribution in [2.24, 2.45) is 5.92 Å². The Hall–Kier alpha value is -0.0800. The van der Waals surface area contributed by atoms with Crippen molar-refractivity contribution < 1.29 is 9.84 Å². The molecule has 72 valence electrons. The van der Waals surface area contributed by atoms with Gasteiger partial charge in [-0.1, -0.05) is 13.3 Å². The van der Waals surface area contributed by atoms with Crippen LogP contribution in [0.5, 0.6) is 0 Å². The van der Waals surface area contributed by atoms with E-state index >= 15 is 0 Å². The first-order valence-corrected chi connectivity index (χ1v) is 4.84. The highest BCUT2D eigenvalue weighted by Crippen LogP contribution is 2.29. The fraction of sp³-hybridized carbons (Fsp3) is 1.00. The minimum absolute atomic E-state index is 0.0435. The quantitative estimate of drug-likeness (QED) is 0.655. The van der Waals surface area contributed by atoms with Gasteiger partial charge in [0.05, 0.1) is 18.3 Å². The second-order valence-electron chi connectivity index (χ2n) is 4.47. The van der Waals surface area contributed by atoms with Gasteiger partial charge in [-0.3, -0.25) is 0 Å². The summed E-state index contributed by atoms with van der Waals surface area (Å²) in [6.07, 6.45) is 3.54. The van der Waals surface area contributed by atoms with Crippen molar-refractivity contribution in [1.82, 2.24) is 0 Å². The monoisotopic (exact) mass is 172 g/mol. The van der Waals surface area contributed by atoms with Crippen molar-refractivity contribution in [3.8, 4) is 0 Å². The van der Waals surface area contributed by atoms with E-state index < -0.39 is 0 Å². The lowest BCUT2D eigenvalue weighted by Gasteiger charge is -2.28. The molecule has 2 unspecified atom stereocenters. The standard InChI is InChI=1S/C10H20O2/c1-8-5-4-6-10(2,3)12-9(8)7-11/h8-9,11H,4-7H2,1-3H3. The first-order valence-electron chi connectivity index (χ1n) is 4.84. The lowest BCUT2D eigenvalue weighted by Crippen LogP contribution is -2.33. The number of ether oxygens (including phenoxy) is 1. The molecule has 0 bridgehead atoms. The summed E-state index contributed by atoms with van der Waals surface area (Å²) < 4.78 is 5.81. The van der Waals surface area contributed by atoms with Crippen LogP contribution in [-0.2, 0) is 4.74 Å². The van der Waals surface area contributed by atoms with Crippen LogP contribution in [0.25, 0.3) is 0 Å². The lowest BCUT2D eigenvalue weighted by atomic mass is 9.98. The highest BCUT2D eigenvalue weighted by molar-refractivity contribution is 4.79. The van der Waals surface area contributed by atoms with Crippen molar-refractivity contribution in [2.45, 2.75) is 51.7 Å². The van der Waals surface area contributed by atoms with Crippen LogP contribution in [0.15, 0.2) is 0 Å². The number of aliphatic hydroxyl groups excluding tert-OH is 1. The Morgan fingerprint density at radius 1 is 1.50 bits per heavy atom. The van der Waals surface area contributed by atoms with E-state index in [4.69, 9.17) is 9.84 Å². The Balaban J connectivity index is 2.59. The van der Waals surface area contributed by atoms with Gasteiger partial charge >= 0.3 is 0 Å². The van der Waals surface area contributed by atoms with Gasteiger partial charge in [0.2, 0.25) is 0 Å². The van der Waals surface area contributed by atoms with Crippen LogP contribution in [-0.4, -0.2) is 23.4 Å². The molecule has 2 heteroatoms. The molecule has 0 spiro atoms. The van der Waals surface area contributed by atoms with Crippen molar-refractivity contribution in [1.29, 1.82) is 0 Å². The first kappa shape index (κ1) is 10.0. The summed E-state index contributed by atoms with van der Waals surface area (Å²) in [5, 5.41) is 9.09. The summed E-state index contributed by atoms with van der Waals surface area (Å²) in [6.45, 7) is 6.52. The van der Waals surface area contributed by atoms with Crippen molar-refractivity contribution in [3.05, 3.63) is 0 Å². The SMILES string of the molecule is CC1CCCC(C)(C)OC1CO. The van der Waals surface area contributed by atoms with Crippen LogP contribution in [0, 0.1) is 5.92 Å². The predicted molar refractivity (Wildman–Crippen MR) is 49.1 cm³/mol. The van der Waals surface area contributed by atoms with Gasteiger partial charge in [-0.15, -0.1) is 0 Å². The molecular formula is C10H20O2. The minimum Gasteiger partial charge on any atom is -0.394 e. The van der Waals surface area contributed by atoms with Crippen LogP contribution in [0.2, 0.25) is 0 Å². The van der Waals surface area contributed by atoms with E-state index in [1.54, 1.807) is 0 Å². The number of aliphatic hydroxyl groups is 1. The van der Waals surface area contributed by atoms with Crippen molar-refractivity contribution in [2.75, 3.05) is 6.61 Å². The molecule has 0 saturated carbocycles. The van der Waals surface area contributed by atoms with Gasteiger partial charge in [-0.05, 0) is 32.6 Å². The molecule has 1 saturated heterocycles. The van der Waals surface area contributed by atoms with Gasteiger partial charge in [-0.25, -0.2) is 0 Å². The fourth-order valence-electron chi connectivity index (χ4n) is 1.84. The zero-order valence-corrected chi connectivity index (χ0v) is 8.34. The lowest BCUT2D eigenvalue weighted by molar-refractivity contribution is -0.101. The van der Waals surface area contributed by atoms with Gasteiger partial charge in [0.25, 0.3) is 0 Å². The highest BCUT2D eigenvalue weighted by Gasteiger charge is 2.30. The summed E-state index contributed by atoms with van der Waals surface area (Å²) in [5.41, 5.74) is -0.0435. The fourth-order valence-corrected chi connectivity index (χ4v) is 1.84. The Kier molecular flexibility index (Phi) is 3.13. The van der Waals surface area contributed by atoms with Crippen LogP contribution in [0.1, 0.15) is 40.0 Å². The molecule has 1 N–H and O–H groups in total. The summed E-state index contributed by atoms with van der Waals surface area (Å²) in [7, 11) is 0. The number of hydrogen-bond donors (Lipinski definition) is 1. The second kappa shape index (κ2) is 3.75. The Morgan fingerprint density at radius 2 is 2.17 bits per heavy atom. The smallest absolute Gasteiger partial charge is 0.0838 e. The average Bonchev–Trinajstić information content (AvgIpc) is 2.10. The van der Waals surface area contributed by atoms with Gasteiger partial charge in [0, 0.05) is 0 Å². The average molecular weight is 172 g/mol. The third-order valence-electron chi connectivity index (χ3n) is 2.72. The molecule has 0 radical (unpaired) electrons. The second-order valence-corrected chi connectivity index (χ2v) is 4.47. The topological polar surface area (TPSA) is 29.5 Å². The van der Waals surface area contributed by atoms with Gasteiger partial charge in [0.15, 0.2) is 0 Å². The van der Waals surface area contributed by atoms with E-state index in [0.717, 1.165) is 6.42 Å². The normalized spacial score (nSPS) is 36.0. The minimum atomic E-state index is -0.0435. The van der Waals surface area contributed by atoms with E-state index in [-0.39, 0.29) is 18.3 Å². The number of hydrogen-bond acceptors (Lipinski definition) is 2. The Bertz CT molecular complexity index is 143. The predicted octanol–water partition coefficient (Wildman–Crippen LogP) is 1.96. The molecule has 12 heavy (non-hydrogen) atoms. The molecule has 0 aromatic rings. The molecular weight excluding hydrogens is 152 g/mol. The third-order valence-corrected chi connectivity index (χ3v) is 2.72. The summed E-state index contributed by atoms with van der Waals surface area (Å²) in [5.74, 6) is 0.497. The molecule has 1 rings (SSSR count). The maximum atomic E-state index is 9.09. The molecule has 2 atom stereocenters. The summed E-state index contributed by atoms with van der Waals surface area (Å²) in [6, 6.07) is 0. The van der Waals surface area contributed by atoms with Crippen LogP contribution < -0.4 is 0 Å². The number of rotatable bonds is 1. The van der Waals surface area contributed by atoms with Crippen LogP contribution in [0.4, 0.5) is 0 Å². The van der Waals surface area contributed by atoms with E-state index in [2.05, 4.69) is 20.8 Å².